The van der Waals surface area contributed by atoms with Gasteiger partial charge in [-0.1, -0.05) is 11.3 Å². The zero-order chi connectivity index (χ0) is 23.0. The van der Waals surface area contributed by atoms with E-state index in [2.05, 4.69) is 14.5 Å². The maximum absolute atomic E-state index is 12.3. The Balaban J connectivity index is 1.71. The summed E-state index contributed by atoms with van der Waals surface area (Å²) in [6.45, 7) is 0. The lowest BCUT2D eigenvalue weighted by Crippen LogP contribution is -2.10. The first kappa shape index (κ1) is 21.3. The van der Waals surface area contributed by atoms with Crippen LogP contribution in [-0.4, -0.2) is 59.6 Å². The Morgan fingerprint density at radius 3 is 2.50 bits per heavy atom. The molecule has 0 radical (unpaired) electrons. The molecule has 0 unspecified atom stereocenters. The van der Waals surface area contributed by atoms with Gasteiger partial charge in [-0.15, -0.1) is 9.50 Å². The Hall–Kier alpha value is -3.91. The molecule has 0 bridgehead atoms. The number of aldehydes is 1. The molecule has 4 aromatic rings. The van der Waals surface area contributed by atoms with Crippen molar-refractivity contribution in [2.24, 2.45) is 4.40 Å². The van der Waals surface area contributed by atoms with E-state index in [9.17, 15) is 23.3 Å². The van der Waals surface area contributed by atoms with E-state index in [0.717, 1.165) is 22.2 Å². The van der Waals surface area contributed by atoms with Crippen LogP contribution in [0.15, 0.2) is 49.6 Å². The second-order valence-electron chi connectivity index (χ2n) is 6.65. The maximum atomic E-state index is 12.3. The summed E-state index contributed by atoms with van der Waals surface area (Å²) >= 11 is 0.765. The number of benzene rings is 1. The van der Waals surface area contributed by atoms with Crippen molar-refractivity contribution in [1.29, 1.82) is 0 Å². The molecule has 14 heteroatoms. The number of hydrogen-bond acceptors (Lipinski definition) is 9. The lowest BCUT2D eigenvalue weighted by atomic mass is 10.1. The number of imidazole rings is 1. The molecule has 1 aromatic carbocycles. The zero-order valence-corrected chi connectivity index (χ0v) is 18.2. The number of nitrogens with zero attached hydrogens (tertiary/aromatic N) is 6. The van der Waals surface area contributed by atoms with Crippen LogP contribution in [-0.2, 0) is 10.0 Å². The molecule has 0 aliphatic heterocycles. The molecule has 0 aliphatic carbocycles. The normalized spacial score (nSPS) is 11.9. The molecular weight excluding hydrogens is 460 g/mol. The Bertz CT molecular complexity index is 1460. The average Bonchev–Trinajstić information content (AvgIpc) is 3.46. The van der Waals surface area contributed by atoms with Gasteiger partial charge < -0.3 is 9.32 Å². The minimum Gasteiger partial charge on any atom is -0.454 e. The van der Waals surface area contributed by atoms with Crippen LogP contribution in [0.3, 0.4) is 0 Å². The van der Waals surface area contributed by atoms with Crippen molar-refractivity contribution in [3.63, 3.8) is 0 Å². The SMILES string of the molecule is CN(C)/C=N/S(=O)(=O)c1nn2c(C=O)c(-c3ccc(-c4ccc([N+](=O)[O-])cc4)o3)nc2s1. The fraction of sp³-hybridized carbons (Fsp3) is 0.111. The average molecular weight is 474 g/mol. The van der Waals surface area contributed by atoms with E-state index in [0.29, 0.717) is 17.6 Å². The summed E-state index contributed by atoms with van der Waals surface area (Å²) < 4.78 is 34.8. The van der Waals surface area contributed by atoms with Crippen molar-refractivity contribution < 1.29 is 22.6 Å². The van der Waals surface area contributed by atoms with E-state index in [4.69, 9.17) is 4.42 Å². The van der Waals surface area contributed by atoms with E-state index in [1.807, 2.05) is 0 Å². The predicted molar refractivity (Wildman–Crippen MR) is 115 cm³/mol. The number of furan rings is 1. The molecule has 32 heavy (non-hydrogen) atoms. The van der Waals surface area contributed by atoms with Gasteiger partial charge in [-0.2, -0.15) is 12.9 Å². The molecule has 0 spiro atoms. The van der Waals surface area contributed by atoms with Crippen molar-refractivity contribution in [3.05, 3.63) is 52.2 Å². The lowest BCUT2D eigenvalue weighted by Gasteiger charge is -2.01. The van der Waals surface area contributed by atoms with Crippen LogP contribution in [0, 0.1) is 10.1 Å². The summed E-state index contributed by atoms with van der Waals surface area (Å²) in [6.07, 6.45) is 1.64. The molecule has 0 fully saturated rings. The number of sulfonamides is 1. The molecule has 0 aliphatic rings. The largest absolute Gasteiger partial charge is 0.454 e. The molecule has 12 nitrogen and oxygen atoms in total. The molecule has 0 saturated carbocycles. The van der Waals surface area contributed by atoms with Crippen molar-refractivity contribution in [2.45, 2.75) is 4.34 Å². The van der Waals surface area contributed by atoms with Crippen molar-refractivity contribution in [3.8, 4) is 22.8 Å². The Labute approximate surface area is 184 Å². The van der Waals surface area contributed by atoms with Gasteiger partial charge in [-0.3, -0.25) is 14.9 Å². The van der Waals surface area contributed by atoms with E-state index in [1.165, 1.54) is 17.0 Å². The first-order chi connectivity index (χ1) is 15.2. The van der Waals surface area contributed by atoms with Crippen LogP contribution in [0.4, 0.5) is 5.69 Å². The highest BCUT2D eigenvalue weighted by Gasteiger charge is 2.25. The number of nitro groups is 1. The van der Waals surface area contributed by atoms with Crippen molar-refractivity contribution >= 4 is 44.6 Å². The highest BCUT2D eigenvalue weighted by molar-refractivity contribution is 7.92. The summed E-state index contributed by atoms with van der Waals surface area (Å²) in [7, 11) is -0.797. The number of nitro benzene ring substituents is 1. The molecule has 164 valence electrons. The van der Waals surface area contributed by atoms with Crippen LogP contribution in [0.5, 0.6) is 0 Å². The number of carbonyl (C=O) groups excluding carboxylic acids is 1. The van der Waals surface area contributed by atoms with Crippen molar-refractivity contribution in [1.82, 2.24) is 19.5 Å². The van der Waals surface area contributed by atoms with E-state index >= 15 is 0 Å². The van der Waals surface area contributed by atoms with Gasteiger partial charge in [0.1, 0.15) is 23.5 Å². The van der Waals surface area contributed by atoms with E-state index < -0.39 is 14.9 Å². The first-order valence-electron chi connectivity index (χ1n) is 8.86. The molecule has 0 amide bonds. The lowest BCUT2D eigenvalue weighted by molar-refractivity contribution is -0.384. The fourth-order valence-corrected chi connectivity index (χ4v) is 4.71. The van der Waals surface area contributed by atoms with Crippen molar-refractivity contribution in [2.75, 3.05) is 14.1 Å². The summed E-state index contributed by atoms with van der Waals surface area (Å²) in [4.78, 5) is 28.0. The summed E-state index contributed by atoms with van der Waals surface area (Å²) in [5, 5.41) is 14.8. The monoisotopic (exact) mass is 474 g/mol. The number of aromatic nitrogens is 3. The molecule has 4 rings (SSSR count). The number of fused-ring (bicyclic) bond motifs is 1. The summed E-state index contributed by atoms with van der Waals surface area (Å²) in [6, 6.07) is 9.02. The fourth-order valence-electron chi connectivity index (χ4n) is 2.71. The summed E-state index contributed by atoms with van der Waals surface area (Å²) in [5.74, 6) is 0.672. The maximum Gasteiger partial charge on any atom is 0.312 e. The highest BCUT2D eigenvalue weighted by Crippen LogP contribution is 2.32. The minimum atomic E-state index is -4.04. The summed E-state index contributed by atoms with van der Waals surface area (Å²) in [5.41, 5.74) is 0.747. The highest BCUT2D eigenvalue weighted by atomic mass is 32.2. The van der Waals surface area contributed by atoms with E-state index in [-0.39, 0.29) is 32.1 Å². The van der Waals surface area contributed by atoms with Gasteiger partial charge in [-0.25, -0.2) is 4.98 Å². The van der Waals surface area contributed by atoms with Crippen LogP contribution in [0.1, 0.15) is 10.5 Å². The smallest absolute Gasteiger partial charge is 0.312 e. The Kier molecular flexibility index (Phi) is 5.31. The van der Waals surface area contributed by atoms with Gasteiger partial charge in [0.05, 0.1) is 4.92 Å². The molecule has 3 aromatic heterocycles. The second-order valence-corrected chi connectivity index (χ2v) is 9.42. The second kappa shape index (κ2) is 7.97. The standard InChI is InChI=1S/C18H14N6O6S2/c1-22(2)10-19-32(28,29)18-21-23-13(9-25)16(20-17(23)31-18)15-8-7-14(30-15)11-3-5-12(6-4-11)24(26)27/h3-10H,1-2H3/b19-10+. The third-order valence-electron chi connectivity index (χ3n) is 4.17. The van der Waals surface area contributed by atoms with Gasteiger partial charge in [0.25, 0.3) is 10.0 Å². The van der Waals surface area contributed by atoms with Gasteiger partial charge in [0, 0.05) is 31.8 Å². The zero-order valence-electron chi connectivity index (χ0n) is 16.6. The predicted octanol–water partition coefficient (Wildman–Crippen LogP) is 2.72. The van der Waals surface area contributed by atoms with E-state index in [1.54, 1.807) is 38.4 Å². The van der Waals surface area contributed by atoms with Gasteiger partial charge >= 0.3 is 10.0 Å². The number of rotatable bonds is 7. The minimum absolute atomic E-state index is 0.0129. The Morgan fingerprint density at radius 2 is 1.88 bits per heavy atom. The quantitative estimate of drug-likeness (QED) is 0.129. The number of non-ortho nitro benzene ring substituents is 1. The third kappa shape index (κ3) is 3.88. The number of hydrogen-bond donors (Lipinski definition) is 0. The van der Waals surface area contributed by atoms with Gasteiger partial charge in [0.15, 0.2) is 12.0 Å². The Morgan fingerprint density at radius 1 is 1.19 bits per heavy atom. The molecule has 0 atom stereocenters. The topological polar surface area (TPSA) is 153 Å². The molecule has 0 N–H and O–H groups in total. The van der Waals surface area contributed by atoms with Gasteiger partial charge in [-0.05, 0) is 24.3 Å². The third-order valence-corrected chi connectivity index (χ3v) is 6.65. The van der Waals surface area contributed by atoms with Crippen LogP contribution in [0.25, 0.3) is 27.7 Å². The molecule has 3 heterocycles. The van der Waals surface area contributed by atoms with Gasteiger partial charge in [0.2, 0.25) is 4.96 Å². The van der Waals surface area contributed by atoms with Crippen LogP contribution >= 0.6 is 11.3 Å². The molecular formula is C18H14N6O6S2. The first-order valence-corrected chi connectivity index (χ1v) is 11.1. The molecule has 0 saturated heterocycles. The number of carbonyl (C=O) groups is 1. The van der Waals surface area contributed by atoms with Crippen LogP contribution in [0.2, 0.25) is 0 Å². The van der Waals surface area contributed by atoms with Crippen LogP contribution < -0.4 is 0 Å².